The van der Waals surface area contributed by atoms with Crippen molar-refractivity contribution in [2.75, 3.05) is 19.8 Å². The highest BCUT2D eigenvalue weighted by Crippen LogP contribution is 2.58. The van der Waals surface area contributed by atoms with Crippen LogP contribution in [0, 0.1) is 17.7 Å². The van der Waals surface area contributed by atoms with E-state index in [0.29, 0.717) is 32.2 Å². The first-order chi connectivity index (χ1) is 26.2. The predicted molar refractivity (Wildman–Crippen MR) is 211 cm³/mol. The number of aliphatic hydroxyl groups is 1. The normalized spacial score (nSPS) is 25.1. The monoisotopic (exact) mass is 797 g/mol. The fourth-order valence-electron chi connectivity index (χ4n) is 8.38. The number of nitrogens with two attached hydrogens (primary N) is 1. The molecule has 3 aliphatic carbocycles. The molecule has 2 heterocycles. The molecular weight excluding hydrogens is 738 g/mol. The standard InChI is InChI=1S/C42H60FN3O9Si/c1-11-13-18-51-28-22-24(27-16-15-17-46(27)39(50)53-40(3,4)5)32(43)25-20-23-21-26-33(44)35-31(38(45-54-35)52-19-14-12-2)37(49)42(26,55-56(9,10)41(6,7)8)36(48)29(23)34(47)30(25)28/h22-23,26-27,33,47H,11-21,44H2,1-10H3/t23-,26-,27?,33-,42-/m0/s1. The molecule has 0 radical (unpaired) electrons. The Kier molecular flexibility index (Phi) is 11.4. The van der Waals surface area contributed by atoms with Gasteiger partial charge in [0.05, 0.1) is 30.9 Å². The smallest absolute Gasteiger partial charge is 0.410 e. The Morgan fingerprint density at radius 1 is 1.07 bits per heavy atom. The van der Waals surface area contributed by atoms with Gasteiger partial charge in [0.25, 0.3) is 5.88 Å². The number of ketones is 2. The van der Waals surface area contributed by atoms with Crippen LogP contribution in [0.5, 0.6) is 11.6 Å². The molecule has 1 saturated heterocycles. The second kappa shape index (κ2) is 15.2. The SMILES string of the molecule is CCCCOc1cc(C2CCCN2C(=O)OC(C)(C)C)c(F)c2c1C(O)=C1C(=O)[C@]3(O[Si](C)(C)C(C)(C)C)C(=O)c4c(OCCCC)noc4[C@@H](N)[C@@H]3C[C@@H]1C2. The van der Waals surface area contributed by atoms with Crippen LogP contribution in [0.3, 0.4) is 0 Å². The summed E-state index contributed by atoms with van der Waals surface area (Å²) in [5, 5.41) is 16.0. The average Bonchev–Trinajstić information content (AvgIpc) is 3.76. The predicted octanol–water partition coefficient (Wildman–Crippen LogP) is 8.93. The number of aliphatic hydroxyl groups excluding tert-OH is 1. The molecule has 1 amide bonds. The number of unbranched alkanes of at least 4 members (excludes halogenated alkanes) is 2. The molecule has 1 unspecified atom stereocenters. The number of rotatable bonds is 11. The molecule has 12 nitrogen and oxygen atoms in total. The molecule has 308 valence electrons. The van der Waals surface area contributed by atoms with Crippen LogP contribution in [0.1, 0.15) is 145 Å². The zero-order chi connectivity index (χ0) is 41.1. The van der Waals surface area contributed by atoms with Crippen molar-refractivity contribution in [1.29, 1.82) is 0 Å². The van der Waals surface area contributed by atoms with E-state index in [1.165, 1.54) is 0 Å². The van der Waals surface area contributed by atoms with E-state index >= 15 is 14.0 Å². The van der Waals surface area contributed by atoms with Gasteiger partial charge in [0.1, 0.15) is 28.5 Å². The molecular formula is C42H60FN3O9Si. The molecule has 1 saturated carbocycles. The summed E-state index contributed by atoms with van der Waals surface area (Å²) < 4.78 is 47.9. The van der Waals surface area contributed by atoms with Gasteiger partial charge in [-0.3, -0.25) is 9.59 Å². The number of carbonyl (C=O) groups excluding carboxylic acids is 3. The molecule has 2 fully saturated rings. The third-order valence-electron chi connectivity index (χ3n) is 12.3. The first-order valence-electron chi connectivity index (χ1n) is 20.3. The molecule has 6 rings (SSSR count). The van der Waals surface area contributed by atoms with E-state index in [2.05, 4.69) is 5.16 Å². The van der Waals surface area contributed by atoms with Crippen LogP contribution >= 0.6 is 0 Å². The molecule has 3 N–H and O–H groups in total. The first-order valence-corrected chi connectivity index (χ1v) is 23.2. The van der Waals surface area contributed by atoms with Gasteiger partial charge in [-0.25, -0.2) is 9.18 Å². The highest BCUT2D eigenvalue weighted by Gasteiger charge is 2.68. The number of aromatic nitrogens is 1. The lowest BCUT2D eigenvalue weighted by molar-refractivity contribution is -0.138. The molecule has 4 aliphatic rings. The maximum absolute atomic E-state index is 17.2. The highest BCUT2D eigenvalue weighted by atomic mass is 28.4. The topological polar surface area (TPSA) is 164 Å². The molecule has 5 atom stereocenters. The Bertz CT molecular complexity index is 1910. The van der Waals surface area contributed by atoms with Crippen LogP contribution in [-0.4, -0.2) is 72.1 Å². The number of Topliss-reactive ketones (excluding diaryl/α,β-unsaturated/α-hetero) is 2. The fraction of sp³-hybridized carbons (Fsp3) is 0.667. The minimum Gasteiger partial charge on any atom is -0.507 e. The number of halogens is 1. The lowest BCUT2D eigenvalue weighted by atomic mass is 9.57. The molecule has 0 bridgehead atoms. The summed E-state index contributed by atoms with van der Waals surface area (Å²) in [5.74, 6) is -3.74. The van der Waals surface area contributed by atoms with E-state index in [4.69, 9.17) is 28.9 Å². The van der Waals surface area contributed by atoms with Gasteiger partial charge in [-0.15, -0.1) is 0 Å². The molecule has 0 spiro atoms. The summed E-state index contributed by atoms with van der Waals surface area (Å²) in [6.45, 7) is 20.3. The van der Waals surface area contributed by atoms with E-state index < -0.39 is 77.7 Å². The van der Waals surface area contributed by atoms with Gasteiger partial charge < -0.3 is 38.9 Å². The third kappa shape index (κ3) is 7.07. The Balaban J connectivity index is 1.53. The van der Waals surface area contributed by atoms with Crippen molar-refractivity contribution in [3.63, 3.8) is 0 Å². The largest absolute Gasteiger partial charge is 0.507 e. The van der Waals surface area contributed by atoms with E-state index in [1.807, 2.05) is 47.7 Å². The van der Waals surface area contributed by atoms with Crippen molar-refractivity contribution in [2.45, 2.75) is 148 Å². The minimum atomic E-state index is -2.94. The summed E-state index contributed by atoms with van der Waals surface area (Å²) >= 11 is 0. The van der Waals surface area contributed by atoms with Gasteiger partial charge in [-0.1, -0.05) is 47.5 Å². The quantitative estimate of drug-likeness (QED) is 0.127. The van der Waals surface area contributed by atoms with Crippen LogP contribution in [0.25, 0.3) is 5.76 Å². The van der Waals surface area contributed by atoms with Gasteiger partial charge in [0, 0.05) is 29.2 Å². The Morgan fingerprint density at radius 2 is 1.73 bits per heavy atom. The summed E-state index contributed by atoms with van der Waals surface area (Å²) in [6, 6.07) is -0.0718. The molecule has 56 heavy (non-hydrogen) atoms. The lowest BCUT2D eigenvalue weighted by Crippen LogP contribution is -2.68. The van der Waals surface area contributed by atoms with Gasteiger partial charge in [0.2, 0.25) is 11.6 Å². The average molecular weight is 798 g/mol. The fourth-order valence-corrected chi connectivity index (χ4v) is 9.83. The van der Waals surface area contributed by atoms with Gasteiger partial charge >= 0.3 is 6.09 Å². The zero-order valence-corrected chi connectivity index (χ0v) is 35.7. The highest BCUT2D eigenvalue weighted by molar-refractivity contribution is 6.74. The Morgan fingerprint density at radius 3 is 2.36 bits per heavy atom. The van der Waals surface area contributed by atoms with Crippen molar-refractivity contribution < 1.29 is 47.0 Å². The lowest BCUT2D eigenvalue weighted by Gasteiger charge is -2.53. The van der Waals surface area contributed by atoms with Crippen LogP contribution in [0.2, 0.25) is 18.1 Å². The van der Waals surface area contributed by atoms with Crippen molar-refractivity contribution in [3.05, 3.63) is 45.5 Å². The summed E-state index contributed by atoms with van der Waals surface area (Å²) in [5.41, 5.74) is 4.63. The first kappa shape index (κ1) is 41.9. The molecule has 1 aliphatic heterocycles. The second-order valence-electron chi connectivity index (χ2n) is 18.4. The number of hydrogen-bond acceptors (Lipinski definition) is 11. The van der Waals surface area contributed by atoms with E-state index in [9.17, 15) is 9.90 Å². The maximum atomic E-state index is 17.2. The van der Waals surface area contributed by atoms with E-state index in [1.54, 1.807) is 31.7 Å². The van der Waals surface area contributed by atoms with Crippen molar-refractivity contribution in [3.8, 4) is 11.6 Å². The van der Waals surface area contributed by atoms with Crippen LogP contribution in [0.15, 0.2) is 16.2 Å². The molecule has 2 aromatic rings. The second-order valence-corrected chi connectivity index (χ2v) is 23.1. The number of ether oxygens (including phenoxy) is 3. The Hall–Kier alpha value is -3.75. The van der Waals surface area contributed by atoms with Gasteiger partial charge in [-0.05, 0) is 94.6 Å². The van der Waals surface area contributed by atoms with Crippen molar-refractivity contribution >= 4 is 31.7 Å². The van der Waals surface area contributed by atoms with E-state index in [0.717, 1.165) is 12.8 Å². The van der Waals surface area contributed by atoms with Crippen LogP contribution < -0.4 is 15.2 Å². The number of nitrogens with zero attached hydrogens (tertiary/aromatic N) is 2. The zero-order valence-electron chi connectivity index (χ0n) is 34.7. The molecule has 14 heteroatoms. The molecule has 1 aromatic heterocycles. The van der Waals surface area contributed by atoms with Gasteiger partial charge in [0.15, 0.2) is 19.7 Å². The summed E-state index contributed by atoms with van der Waals surface area (Å²) in [7, 11) is -2.94. The number of hydrogen-bond donors (Lipinski definition) is 2. The van der Waals surface area contributed by atoms with E-state index in [-0.39, 0.29) is 71.3 Å². The molecule has 1 aromatic carbocycles. The van der Waals surface area contributed by atoms with Gasteiger partial charge in [-0.2, -0.15) is 0 Å². The number of likely N-dealkylation sites (tertiary alicyclic amines) is 1. The summed E-state index contributed by atoms with van der Waals surface area (Å²) in [4.78, 5) is 45.5. The van der Waals surface area contributed by atoms with Crippen LogP contribution in [0.4, 0.5) is 9.18 Å². The number of amides is 1. The minimum absolute atomic E-state index is 0.00916. The van der Waals surface area contributed by atoms with Crippen LogP contribution in [-0.2, 0) is 20.4 Å². The number of fused-ring (bicyclic) bond motifs is 4. The van der Waals surface area contributed by atoms with Crippen molar-refractivity contribution in [1.82, 2.24) is 10.1 Å². The maximum Gasteiger partial charge on any atom is 0.410 e. The number of benzene rings is 1. The summed E-state index contributed by atoms with van der Waals surface area (Å²) in [6.07, 6.45) is 3.82. The third-order valence-corrected chi connectivity index (χ3v) is 16.7. The van der Waals surface area contributed by atoms with Crippen molar-refractivity contribution in [2.24, 2.45) is 17.6 Å². The Labute approximate surface area is 330 Å². The number of carbonyl (C=O) groups is 3.